The van der Waals surface area contributed by atoms with Crippen LogP contribution in [0.2, 0.25) is 0 Å². The molecule has 13 heavy (non-hydrogen) atoms. The van der Waals surface area contributed by atoms with Crippen LogP contribution in [0.1, 0.15) is 11.6 Å². The number of rotatable bonds is 2. The molecule has 2 atom stereocenters. The first-order valence-electron chi connectivity index (χ1n) is 4.22. The Morgan fingerprint density at radius 1 is 1.38 bits per heavy atom. The molecule has 1 aliphatic rings. The van der Waals surface area contributed by atoms with Crippen molar-refractivity contribution in [2.24, 2.45) is 0 Å². The predicted octanol–water partition coefficient (Wildman–Crippen LogP) is 0.872. The number of benzene rings is 1. The number of hydrogen-bond acceptors (Lipinski definition) is 3. The number of nitrogens with one attached hydrogen (secondary N) is 1. The highest BCUT2D eigenvalue weighted by Crippen LogP contribution is 2.29. The van der Waals surface area contributed by atoms with E-state index in [-0.39, 0.29) is 18.1 Å². The van der Waals surface area contributed by atoms with Crippen LogP contribution in [-0.2, 0) is 9.53 Å². The van der Waals surface area contributed by atoms with Crippen molar-refractivity contribution in [2.45, 2.75) is 12.1 Å². The van der Waals surface area contributed by atoms with Crippen molar-refractivity contribution in [1.82, 2.24) is 5.32 Å². The van der Waals surface area contributed by atoms with Gasteiger partial charge in [0.05, 0.1) is 13.2 Å². The molecular weight excluding hydrogens is 166 g/mol. The van der Waals surface area contributed by atoms with Gasteiger partial charge in [-0.15, -0.1) is 0 Å². The Bertz CT molecular complexity index is 310. The Hall–Kier alpha value is -1.35. The highest BCUT2D eigenvalue weighted by atomic mass is 16.5. The molecule has 0 amide bonds. The third-order valence-electron chi connectivity index (χ3n) is 2.20. The smallest absolute Gasteiger partial charge is 0.324 e. The van der Waals surface area contributed by atoms with E-state index >= 15 is 0 Å². The van der Waals surface area contributed by atoms with E-state index in [1.54, 1.807) is 0 Å². The maximum absolute atomic E-state index is 11.1. The van der Waals surface area contributed by atoms with Gasteiger partial charge in [0.1, 0.15) is 6.04 Å². The largest absolute Gasteiger partial charge is 0.468 e. The van der Waals surface area contributed by atoms with Crippen molar-refractivity contribution < 1.29 is 9.53 Å². The van der Waals surface area contributed by atoms with Gasteiger partial charge in [-0.1, -0.05) is 30.3 Å². The summed E-state index contributed by atoms with van der Waals surface area (Å²) in [5.41, 5.74) is 1.14. The fraction of sp³-hybridized carbons (Fsp3) is 0.300. The van der Waals surface area contributed by atoms with Crippen LogP contribution in [0.4, 0.5) is 0 Å². The number of hydrogen-bond donors (Lipinski definition) is 1. The zero-order chi connectivity index (χ0) is 9.26. The first-order valence-corrected chi connectivity index (χ1v) is 4.22. The second kappa shape index (κ2) is 3.18. The molecule has 3 nitrogen and oxygen atoms in total. The Kier molecular flexibility index (Phi) is 2.02. The van der Waals surface area contributed by atoms with E-state index in [2.05, 4.69) is 10.1 Å². The molecule has 1 N–H and O–H groups in total. The fourth-order valence-electron chi connectivity index (χ4n) is 1.42. The van der Waals surface area contributed by atoms with Gasteiger partial charge in [0.2, 0.25) is 0 Å². The number of ether oxygens (including phenoxy) is 1. The molecule has 1 saturated heterocycles. The first-order chi connectivity index (χ1) is 6.33. The van der Waals surface area contributed by atoms with E-state index in [4.69, 9.17) is 0 Å². The maximum atomic E-state index is 11.1. The Labute approximate surface area is 76.7 Å². The van der Waals surface area contributed by atoms with Crippen LogP contribution in [0.5, 0.6) is 0 Å². The third-order valence-corrected chi connectivity index (χ3v) is 2.20. The van der Waals surface area contributed by atoms with Crippen molar-refractivity contribution in [3.8, 4) is 0 Å². The summed E-state index contributed by atoms with van der Waals surface area (Å²) in [5, 5.41) is 3.06. The van der Waals surface area contributed by atoms with Gasteiger partial charge in [0.25, 0.3) is 0 Å². The summed E-state index contributed by atoms with van der Waals surface area (Å²) >= 11 is 0. The van der Waals surface area contributed by atoms with Crippen molar-refractivity contribution >= 4 is 5.97 Å². The normalized spacial score (nSPS) is 25.3. The van der Waals surface area contributed by atoms with E-state index in [1.807, 2.05) is 30.3 Å². The van der Waals surface area contributed by atoms with Crippen LogP contribution in [0.25, 0.3) is 0 Å². The average Bonchev–Trinajstić information content (AvgIpc) is 2.98. The molecule has 1 unspecified atom stereocenters. The van der Waals surface area contributed by atoms with Gasteiger partial charge in [0.15, 0.2) is 0 Å². The molecule has 0 aliphatic carbocycles. The quantitative estimate of drug-likeness (QED) is 0.538. The third kappa shape index (κ3) is 1.55. The average molecular weight is 177 g/mol. The summed E-state index contributed by atoms with van der Waals surface area (Å²) < 4.78 is 4.62. The Morgan fingerprint density at radius 2 is 2.08 bits per heavy atom. The van der Waals surface area contributed by atoms with Crippen LogP contribution >= 0.6 is 0 Å². The molecule has 1 aromatic carbocycles. The van der Waals surface area contributed by atoms with E-state index in [0.717, 1.165) is 5.56 Å². The van der Waals surface area contributed by atoms with E-state index in [1.165, 1.54) is 7.11 Å². The van der Waals surface area contributed by atoms with Crippen LogP contribution < -0.4 is 5.32 Å². The van der Waals surface area contributed by atoms with Gasteiger partial charge in [0, 0.05) is 0 Å². The molecule has 0 bridgehead atoms. The van der Waals surface area contributed by atoms with Gasteiger partial charge in [-0.05, 0) is 5.56 Å². The standard InChI is InChI=1S/C10H11NO2/c1-13-10(12)9-8(11-9)7-5-3-2-4-6-7/h2-6,8-9,11H,1H3/t8-,9?/m1/s1. The second-order valence-electron chi connectivity index (χ2n) is 3.06. The minimum atomic E-state index is -0.186. The molecule has 68 valence electrons. The molecule has 1 aliphatic heterocycles. The fourth-order valence-corrected chi connectivity index (χ4v) is 1.42. The van der Waals surface area contributed by atoms with Gasteiger partial charge >= 0.3 is 5.97 Å². The summed E-state index contributed by atoms with van der Waals surface area (Å²) in [5.74, 6) is -0.186. The molecule has 0 aromatic heterocycles. The van der Waals surface area contributed by atoms with Crippen molar-refractivity contribution in [3.63, 3.8) is 0 Å². The van der Waals surface area contributed by atoms with Crippen LogP contribution in [0, 0.1) is 0 Å². The number of methoxy groups -OCH3 is 1. The highest BCUT2D eigenvalue weighted by molar-refractivity contribution is 5.80. The van der Waals surface area contributed by atoms with Crippen LogP contribution in [-0.4, -0.2) is 19.1 Å². The lowest BCUT2D eigenvalue weighted by Crippen LogP contribution is -2.11. The number of carbonyl (C=O) groups excluding carboxylic acids is 1. The second-order valence-corrected chi connectivity index (χ2v) is 3.06. The molecule has 1 fully saturated rings. The van der Waals surface area contributed by atoms with Crippen LogP contribution in [0.3, 0.4) is 0 Å². The molecule has 0 spiro atoms. The molecular formula is C10H11NO2. The van der Waals surface area contributed by atoms with Crippen LogP contribution in [0.15, 0.2) is 30.3 Å². The molecule has 2 rings (SSSR count). The summed E-state index contributed by atoms with van der Waals surface area (Å²) in [6.45, 7) is 0. The molecule has 1 heterocycles. The monoisotopic (exact) mass is 177 g/mol. The van der Waals surface area contributed by atoms with E-state index < -0.39 is 0 Å². The maximum Gasteiger partial charge on any atom is 0.324 e. The first kappa shape index (κ1) is 8.26. The zero-order valence-electron chi connectivity index (χ0n) is 7.36. The topological polar surface area (TPSA) is 48.2 Å². The SMILES string of the molecule is COC(=O)C1N[C@@H]1c1ccccc1. The van der Waals surface area contributed by atoms with Crippen molar-refractivity contribution in [1.29, 1.82) is 0 Å². The lowest BCUT2D eigenvalue weighted by Gasteiger charge is -1.96. The highest BCUT2D eigenvalue weighted by Gasteiger charge is 2.44. The minimum Gasteiger partial charge on any atom is -0.468 e. The van der Waals surface area contributed by atoms with Gasteiger partial charge in [-0.3, -0.25) is 10.1 Å². The zero-order valence-corrected chi connectivity index (χ0v) is 7.36. The predicted molar refractivity (Wildman–Crippen MR) is 48.1 cm³/mol. The van der Waals surface area contributed by atoms with E-state index in [9.17, 15) is 4.79 Å². The molecule has 0 radical (unpaired) electrons. The summed E-state index contributed by atoms with van der Waals surface area (Å²) in [6.07, 6.45) is 0. The van der Waals surface area contributed by atoms with Gasteiger partial charge in [-0.2, -0.15) is 0 Å². The lowest BCUT2D eigenvalue weighted by atomic mass is 10.1. The van der Waals surface area contributed by atoms with Crippen molar-refractivity contribution in [2.75, 3.05) is 7.11 Å². The summed E-state index contributed by atoms with van der Waals surface area (Å²) in [6, 6.07) is 9.88. The molecule has 1 aromatic rings. The van der Waals surface area contributed by atoms with Gasteiger partial charge < -0.3 is 4.74 Å². The van der Waals surface area contributed by atoms with Gasteiger partial charge in [-0.25, -0.2) is 0 Å². The Morgan fingerprint density at radius 3 is 2.69 bits per heavy atom. The minimum absolute atomic E-state index is 0.146. The lowest BCUT2D eigenvalue weighted by molar-refractivity contribution is -0.140. The number of carbonyl (C=O) groups is 1. The summed E-state index contributed by atoms with van der Waals surface area (Å²) in [7, 11) is 1.41. The molecule has 0 saturated carbocycles. The summed E-state index contributed by atoms with van der Waals surface area (Å²) in [4.78, 5) is 11.1. The Balaban J connectivity index is 2.04. The molecule has 3 heteroatoms. The van der Waals surface area contributed by atoms with E-state index in [0.29, 0.717) is 0 Å². The number of esters is 1. The van der Waals surface area contributed by atoms with Crippen molar-refractivity contribution in [3.05, 3.63) is 35.9 Å².